The van der Waals surface area contributed by atoms with E-state index in [0.717, 1.165) is 0 Å². The molecule has 0 fully saturated rings. The molecule has 0 radical (unpaired) electrons. The number of halogens is 3. The molecule has 0 atom stereocenters. The normalized spacial score (nSPS) is 11.0. The van der Waals surface area contributed by atoms with E-state index in [0.29, 0.717) is 26.5 Å². The first-order valence-electron chi connectivity index (χ1n) is 6.68. The number of rotatable bonds is 3. The van der Waals surface area contributed by atoms with Crippen LogP contribution in [0.1, 0.15) is 16.1 Å². The number of ether oxygens (including phenoxy) is 1. The van der Waals surface area contributed by atoms with Gasteiger partial charge < -0.3 is 4.74 Å². The molecule has 0 aliphatic heterocycles. The van der Waals surface area contributed by atoms with Crippen molar-refractivity contribution >= 4 is 40.1 Å². The number of hydrogen-bond acceptors (Lipinski definition) is 3. The van der Waals surface area contributed by atoms with E-state index in [9.17, 15) is 9.18 Å². The maximum atomic E-state index is 14.0. The summed E-state index contributed by atoms with van der Waals surface area (Å²) in [4.78, 5) is 11.9. The monoisotopic (exact) mass is 352 g/mol. The quantitative estimate of drug-likeness (QED) is 0.659. The molecule has 0 saturated carbocycles. The van der Waals surface area contributed by atoms with E-state index >= 15 is 0 Å². The molecule has 0 bridgehead atoms. The molecule has 23 heavy (non-hydrogen) atoms. The van der Waals surface area contributed by atoms with Gasteiger partial charge >= 0.3 is 5.97 Å². The Morgan fingerprint density at radius 3 is 2.61 bits per heavy atom. The van der Waals surface area contributed by atoms with Gasteiger partial charge in [-0.25, -0.2) is 9.18 Å². The van der Waals surface area contributed by atoms with Crippen molar-refractivity contribution in [1.29, 1.82) is 0 Å². The molecule has 0 unspecified atom stereocenters. The third kappa shape index (κ3) is 3.02. The Balaban J connectivity index is 2.13. The average molecular weight is 353 g/mol. The summed E-state index contributed by atoms with van der Waals surface area (Å²) in [6.45, 7) is 0.136. The van der Waals surface area contributed by atoms with Gasteiger partial charge in [0.25, 0.3) is 0 Å². The number of esters is 1. The molecule has 1 aromatic heterocycles. The summed E-state index contributed by atoms with van der Waals surface area (Å²) in [6, 6.07) is 9.42. The fourth-order valence-corrected chi connectivity index (χ4v) is 2.65. The van der Waals surface area contributed by atoms with Gasteiger partial charge in [0.05, 0.1) is 19.2 Å². The molecular weight excluding hydrogens is 342 g/mol. The first-order chi connectivity index (χ1) is 11.0. The van der Waals surface area contributed by atoms with Gasteiger partial charge in [-0.05, 0) is 30.3 Å². The smallest absolute Gasteiger partial charge is 0.359 e. The minimum atomic E-state index is -0.562. The molecule has 0 N–H and O–H groups in total. The molecule has 0 aliphatic carbocycles. The molecular formula is C16H11Cl2FN2O2. The third-order valence-corrected chi connectivity index (χ3v) is 3.90. The summed E-state index contributed by atoms with van der Waals surface area (Å²) in [5.41, 5.74) is 1.18. The molecule has 7 heteroatoms. The van der Waals surface area contributed by atoms with Crippen LogP contribution in [0.2, 0.25) is 10.0 Å². The van der Waals surface area contributed by atoms with Crippen LogP contribution < -0.4 is 0 Å². The first-order valence-corrected chi connectivity index (χ1v) is 7.43. The zero-order chi connectivity index (χ0) is 16.6. The Labute approximate surface area is 141 Å². The summed E-state index contributed by atoms with van der Waals surface area (Å²) < 4.78 is 20.3. The second kappa shape index (κ2) is 6.18. The van der Waals surface area contributed by atoms with Gasteiger partial charge in [0.2, 0.25) is 0 Å². The molecule has 0 saturated heterocycles. The highest BCUT2D eigenvalue weighted by Crippen LogP contribution is 2.25. The number of nitrogens with zero attached hydrogens (tertiary/aromatic N) is 2. The summed E-state index contributed by atoms with van der Waals surface area (Å²) in [6.07, 6.45) is 0. The fourth-order valence-electron chi connectivity index (χ4n) is 2.33. The van der Waals surface area contributed by atoms with E-state index in [4.69, 9.17) is 27.9 Å². The SMILES string of the molecule is COC(=O)c1nn(Cc2ccc(Cl)cc2F)c2cc(Cl)ccc12. The van der Waals surface area contributed by atoms with E-state index < -0.39 is 11.8 Å². The van der Waals surface area contributed by atoms with Gasteiger partial charge in [0, 0.05) is 21.0 Å². The predicted octanol–water partition coefficient (Wildman–Crippen LogP) is 4.32. The second-order valence-electron chi connectivity index (χ2n) is 4.90. The van der Waals surface area contributed by atoms with Crippen LogP contribution in [0.25, 0.3) is 10.9 Å². The standard InChI is InChI=1S/C16H11Cl2FN2O2/c1-23-16(22)15-12-5-4-11(18)7-14(12)21(20-15)8-9-2-3-10(17)6-13(9)19/h2-7H,8H2,1H3. The lowest BCUT2D eigenvalue weighted by molar-refractivity contribution is 0.0595. The lowest BCUT2D eigenvalue weighted by atomic mass is 10.2. The highest BCUT2D eigenvalue weighted by Gasteiger charge is 2.18. The van der Waals surface area contributed by atoms with Gasteiger partial charge in [-0.3, -0.25) is 4.68 Å². The highest BCUT2D eigenvalue weighted by atomic mass is 35.5. The van der Waals surface area contributed by atoms with Gasteiger partial charge in [-0.15, -0.1) is 0 Å². The van der Waals surface area contributed by atoms with Crippen molar-refractivity contribution in [2.24, 2.45) is 0 Å². The first kappa shape index (κ1) is 15.8. The lowest BCUT2D eigenvalue weighted by Crippen LogP contribution is -2.07. The maximum absolute atomic E-state index is 14.0. The lowest BCUT2D eigenvalue weighted by Gasteiger charge is -2.06. The highest BCUT2D eigenvalue weighted by molar-refractivity contribution is 6.31. The Bertz CT molecular complexity index is 908. The summed E-state index contributed by atoms with van der Waals surface area (Å²) in [5.74, 6) is -1.00. The molecule has 0 aliphatic rings. The number of benzene rings is 2. The van der Waals surface area contributed by atoms with Crippen molar-refractivity contribution in [1.82, 2.24) is 9.78 Å². The van der Waals surface area contributed by atoms with E-state index in [1.54, 1.807) is 30.3 Å². The second-order valence-corrected chi connectivity index (χ2v) is 5.77. The van der Waals surface area contributed by atoms with Crippen LogP contribution in [0.3, 0.4) is 0 Å². The van der Waals surface area contributed by atoms with Crippen LogP contribution in [0, 0.1) is 5.82 Å². The molecule has 3 rings (SSSR count). The minimum Gasteiger partial charge on any atom is -0.464 e. The number of methoxy groups -OCH3 is 1. The molecule has 3 aromatic rings. The number of fused-ring (bicyclic) bond motifs is 1. The van der Waals surface area contributed by atoms with Crippen LogP contribution in [0.15, 0.2) is 36.4 Å². The summed E-state index contributed by atoms with van der Waals surface area (Å²) in [7, 11) is 1.28. The number of aromatic nitrogens is 2. The van der Waals surface area contributed by atoms with Crippen molar-refractivity contribution in [2.75, 3.05) is 7.11 Å². The number of carbonyl (C=O) groups excluding carboxylic acids is 1. The zero-order valence-electron chi connectivity index (χ0n) is 12.0. The Kier molecular flexibility index (Phi) is 4.24. The zero-order valence-corrected chi connectivity index (χ0v) is 13.5. The summed E-state index contributed by atoms with van der Waals surface area (Å²) in [5, 5.41) is 5.64. The largest absolute Gasteiger partial charge is 0.464 e. The Hall–Kier alpha value is -2.11. The van der Waals surface area contributed by atoms with Gasteiger partial charge in [-0.2, -0.15) is 5.10 Å². The Morgan fingerprint density at radius 2 is 1.91 bits per heavy atom. The molecule has 1 heterocycles. The van der Waals surface area contributed by atoms with E-state index in [2.05, 4.69) is 5.10 Å². The third-order valence-electron chi connectivity index (χ3n) is 3.43. The van der Waals surface area contributed by atoms with Crippen LogP contribution in [0.5, 0.6) is 0 Å². The molecule has 118 valence electrons. The summed E-state index contributed by atoms with van der Waals surface area (Å²) >= 11 is 11.8. The Morgan fingerprint density at radius 1 is 1.22 bits per heavy atom. The van der Waals surface area contributed by atoms with Crippen molar-refractivity contribution < 1.29 is 13.9 Å². The van der Waals surface area contributed by atoms with Crippen LogP contribution in [0.4, 0.5) is 4.39 Å². The molecule has 0 amide bonds. The van der Waals surface area contributed by atoms with E-state index in [1.807, 2.05) is 0 Å². The minimum absolute atomic E-state index is 0.136. The predicted molar refractivity (Wildman–Crippen MR) is 86.6 cm³/mol. The topological polar surface area (TPSA) is 44.1 Å². The molecule has 0 spiro atoms. The molecule has 4 nitrogen and oxygen atoms in total. The average Bonchev–Trinajstić information content (AvgIpc) is 2.87. The van der Waals surface area contributed by atoms with Crippen LogP contribution >= 0.6 is 23.2 Å². The maximum Gasteiger partial charge on any atom is 0.359 e. The van der Waals surface area contributed by atoms with E-state index in [-0.39, 0.29) is 12.2 Å². The van der Waals surface area contributed by atoms with Gasteiger partial charge in [0.1, 0.15) is 5.82 Å². The van der Waals surface area contributed by atoms with Crippen LogP contribution in [-0.2, 0) is 11.3 Å². The van der Waals surface area contributed by atoms with Crippen molar-refractivity contribution in [2.45, 2.75) is 6.54 Å². The van der Waals surface area contributed by atoms with E-state index in [1.165, 1.54) is 17.9 Å². The van der Waals surface area contributed by atoms with Crippen molar-refractivity contribution in [3.8, 4) is 0 Å². The molecule has 2 aromatic carbocycles. The van der Waals surface area contributed by atoms with Crippen molar-refractivity contribution in [3.63, 3.8) is 0 Å². The number of hydrogen-bond donors (Lipinski definition) is 0. The van der Waals surface area contributed by atoms with Gasteiger partial charge in [-0.1, -0.05) is 29.3 Å². The van der Waals surface area contributed by atoms with Crippen molar-refractivity contribution in [3.05, 3.63) is 63.5 Å². The van der Waals surface area contributed by atoms with Crippen LogP contribution in [-0.4, -0.2) is 22.9 Å². The number of carbonyl (C=O) groups is 1. The fraction of sp³-hybridized carbons (Fsp3) is 0.125. The van der Waals surface area contributed by atoms with Gasteiger partial charge in [0.15, 0.2) is 5.69 Å².